The minimum Gasteiger partial charge on any atom is -0.476 e. The van der Waals surface area contributed by atoms with Gasteiger partial charge in [0.1, 0.15) is 9.88 Å². The van der Waals surface area contributed by atoms with Crippen LogP contribution < -0.4 is 0 Å². The minimum absolute atomic E-state index is 0.123. The van der Waals surface area contributed by atoms with Crippen LogP contribution in [0.2, 0.25) is 0 Å². The van der Waals surface area contributed by atoms with E-state index in [2.05, 4.69) is 11.6 Å². The summed E-state index contributed by atoms with van der Waals surface area (Å²) in [7, 11) is 0. The first-order valence-corrected chi connectivity index (χ1v) is 3.82. The zero-order valence-electron chi connectivity index (χ0n) is 5.98. The molecular weight excluding hydrogens is 178 g/mol. The predicted octanol–water partition coefficient (Wildman–Crippen LogP) is 1.30. The Labute approximate surface area is 72.2 Å². The molecule has 0 fully saturated rings. The SMILES string of the molecule is C=Cc1nc(C(=O)O)c(C=O)s1. The molecule has 1 aromatic heterocycles. The lowest BCUT2D eigenvalue weighted by molar-refractivity contribution is 0.0688. The van der Waals surface area contributed by atoms with Crippen LogP contribution in [-0.2, 0) is 0 Å². The van der Waals surface area contributed by atoms with Crippen LogP contribution in [0.15, 0.2) is 6.58 Å². The number of aldehydes is 1. The van der Waals surface area contributed by atoms with E-state index in [4.69, 9.17) is 5.11 Å². The second kappa shape index (κ2) is 3.27. The van der Waals surface area contributed by atoms with Crippen LogP contribution in [0.25, 0.3) is 6.08 Å². The van der Waals surface area contributed by atoms with Gasteiger partial charge in [-0.2, -0.15) is 0 Å². The number of carbonyl (C=O) groups is 2. The third-order valence-electron chi connectivity index (χ3n) is 1.15. The van der Waals surface area contributed by atoms with Crippen molar-refractivity contribution >= 4 is 29.7 Å². The lowest BCUT2D eigenvalue weighted by atomic mass is 10.4. The molecule has 0 radical (unpaired) electrons. The molecule has 0 unspecified atom stereocenters. The summed E-state index contributed by atoms with van der Waals surface area (Å²) < 4.78 is 0. The highest BCUT2D eigenvalue weighted by atomic mass is 32.1. The van der Waals surface area contributed by atoms with Crippen molar-refractivity contribution in [2.75, 3.05) is 0 Å². The maximum atomic E-state index is 10.5. The number of aromatic carboxylic acids is 1. The van der Waals surface area contributed by atoms with E-state index in [0.29, 0.717) is 11.3 Å². The van der Waals surface area contributed by atoms with E-state index in [1.165, 1.54) is 6.08 Å². The van der Waals surface area contributed by atoms with E-state index in [1.54, 1.807) is 0 Å². The van der Waals surface area contributed by atoms with Crippen LogP contribution in [0.3, 0.4) is 0 Å². The summed E-state index contributed by atoms with van der Waals surface area (Å²) in [5.74, 6) is -1.19. The molecule has 12 heavy (non-hydrogen) atoms. The molecule has 0 atom stereocenters. The number of carboxylic acid groups (broad SMARTS) is 1. The molecule has 62 valence electrons. The number of hydrogen-bond donors (Lipinski definition) is 1. The molecule has 0 bridgehead atoms. The molecule has 1 rings (SSSR count). The monoisotopic (exact) mass is 183 g/mol. The van der Waals surface area contributed by atoms with Crippen LogP contribution in [-0.4, -0.2) is 22.3 Å². The van der Waals surface area contributed by atoms with E-state index in [0.717, 1.165) is 11.3 Å². The summed E-state index contributed by atoms with van der Waals surface area (Å²) in [4.78, 5) is 24.6. The first-order valence-electron chi connectivity index (χ1n) is 3.00. The molecule has 0 aliphatic heterocycles. The molecule has 0 saturated heterocycles. The first kappa shape index (κ1) is 8.61. The van der Waals surface area contributed by atoms with Gasteiger partial charge in [0.05, 0.1) is 0 Å². The van der Waals surface area contributed by atoms with Crippen LogP contribution in [0.5, 0.6) is 0 Å². The summed E-state index contributed by atoms with van der Waals surface area (Å²) in [5.41, 5.74) is -0.204. The Bertz CT molecular complexity index is 342. The van der Waals surface area contributed by atoms with Gasteiger partial charge in [-0.05, 0) is 6.08 Å². The van der Waals surface area contributed by atoms with Crippen molar-refractivity contribution in [2.45, 2.75) is 0 Å². The number of aromatic nitrogens is 1. The Balaban J connectivity index is 3.25. The fraction of sp³-hybridized carbons (Fsp3) is 0. The van der Waals surface area contributed by atoms with Gasteiger partial charge in [0, 0.05) is 0 Å². The van der Waals surface area contributed by atoms with E-state index >= 15 is 0 Å². The van der Waals surface area contributed by atoms with Gasteiger partial charge in [0.25, 0.3) is 0 Å². The van der Waals surface area contributed by atoms with E-state index in [1.807, 2.05) is 0 Å². The standard InChI is InChI=1S/C7H5NO3S/c1-2-5-8-6(7(10)11)4(3-9)12-5/h2-3H,1H2,(H,10,11). The third kappa shape index (κ3) is 1.40. The average Bonchev–Trinajstić information content (AvgIpc) is 2.47. The molecule has 0 aromatic carbocycles. The lowest BCUT2D eigenvalue weighted by Crippen LogP contribution is -1.99. The number of carbonyl (C=O) groups excluding carboxylic acids is 1. The molecule has 1 N–H and O–H groups in total. The molecule has 0 aliphatic carbocycles. The molecule has 1 heterocycles. The van der Waals surface area contributed by atoms with Crippen LogP contribution >= 0.6 is 11.3 Å². The summed E-state index contributed by atoms with van der Waals surface area (Å²) >= 11 is 1.01. The fourth-order valence-corrected chi connectivity index (χ4v) is 1.39. The quantitative estimate of drug-likeness (QED) is 0.717. The number of thiazole rings is 1. The summed E-state index contributed by atoms with van der Waals surface area (Å²) in [6.45, 7) is 3.42. The van der Waals surface area contributed by atoms with Gasteiger partial charge in [-0.3, -0.25) is 4.79 Å². The van der Waals surface area contributed by atoms with E-state index in [9.17, 15) is 9.59 Å². The molecule has 1 aromatic rings. The predicted molar refractivity (Wildman–Crippen MR) is 44.6 cm³/mol. The summed E-state index contributed by atoms with van der Waals surface area (Å²) in [6.07, 6.45) is 1.89. The molecular formula is C7H5NO3S. The Hall–Kier alpha value is -1.49. The molecule has 0 amide bonds. The smallest absolute Gasteiger partial charge is 0.356 e. The second-order valence-corrected chi connectivity index (χ2v) is 2.95. The van der Waals surface area contributed by atoms with Crippen molar-refractivity contribution in [1.82, 2.24) is 4.98 Å². The highest BCUT2D eigenvalue weighted by molar-refractivity contribution is 7.14. The Morgan fingerprint density at radius 3 is 2.67 bits per heavy atom. The van der Waals surface area contributed by atoms with Gasteiger partial charge >= 0.3 is 5.97 Å². The molecule has 5 heteroatoms. The average molecular weight is 183 g/mol. The van der Waals surface area contributed by atoms with Crippen LogP contribution in [0, 0.1) is 0 Å². The zero-order valence-corrected chi connectivity index (χ0v) is 6.80. The Kier molecular flexibility index (Phi) is 2.35. The van der Waals surface area contributed by atoms with Gasteiger partial charge < -0.3 is 5.11 Å². The maximum absolute atomic E-state index is 10.5. The molecule has 0 saturated carbocycles. The number of nitrogens with zero attached hydrogens (tertiary/aromatic N) is 1. The van der Waals surface area contributed by atoms with Crippen molar-refractivity contribution in [3.63, 3.8) is 0 Å². The first-order chi connectivity index (χ1) is 5.69. The van der Waals surface area contributed by atoms with Crippen molar-refractivity contribution in [1.29, 1.82) is 0 Å². The third-order valence-corrected chi connectivity index (χ3v) is 2.13. The van der Waals surface area contributed by atoms with Crippen molar-refractivity contribution in [3.8, 4) is 0 Å². The van der Waals surface area contributed by atoms with Crippen LogP contribution in [0.1, 0.15) is 25.2 Å². The Morgan fingerprint density at radius 2 is 2.33 bits per heavy atom. The van der Waals surface area contributed by atoms with E-state index < -0.39 is 5.97 Å². The normalized spacial score (nSPS) is 9.33. The maximum Gasteiger partial charge on any atom is 0.356 e. The number of hydrogen-bond acceptors (Lipinski definition) is 4. The summed E-state index contributed by atoms with van der Waals surface area (Å²) in [6, 6.07) is 0. The van der Waals surface area contributed by atoms with Crippen molar-refractivity contribution in [3.05, 3.63) is 22.2 Å². The van der Waals surface area contributed by atoms with Gasteiger partial charge in [0.15, 0.2) is 12.0 Å². The van der Waals surface area contributed by atoms with Gasteiger partial charge in [-0.25, -0.2) is 9.78 Å². The fourth-order valence-electron chi connectivity index (χ4n) is 0.670. The number of rotatable bonds is 3. The number of carboxylic acids is 1. The molecule has 0 spiro atoms. The van der Waals surface area contributed by atoms with Crippen LogP contribution in [0.4, 0.5) is 0 Å². The minimum atomic E-state index is -1.19. The highest BCUT2D eigenvalue weighted by Crippen LogP contribution is 2.17. The van der Waals surface area contributed by atoms with Gasteiger partial charge in [-0.15, -0.1) is 11.3 Å². The van der Waals surface area contributed by atoms with Gasteiger partial charge in [0.2, 0.25) is 0 Å². The topological polar surface area (TPSA) is 67.3 Å². The highest BCUT2D eigenvalue weighted by Gasteiger charge is 2.14. The largest absolute Gasteiger partial charge is 0.476 e. The lowest BCUT2D eigenvalue weighted by Gasteiger charge is -1.84. The Morgan fingerprint density at radius 1 is 1.67 bits per heavy atom. The summed E-state index contributed by atoms with van der Waals surface area (Å²) in [5, 5.41) is 9.00. The van der Waals surface area contributed by atoms with E-state index in [-0.39, 0.29) is 10.6 Å². The second-order valence-electron chi connectivity index (χ2n) is 1.89. The van der Waals surface area contributed by atoms with Gasteiger partial charge in [-0.1, -0.05) is 6.58 Å². The molecule has 4 nitrogen and oxygen atoms in total. The van der Waals surface area contributed by atoms with Crippen molar-refractivity contribution < 1.29 is 14.7 Å². The molecule has 0 aliphatic rings. The zero-order chi connectivity index (χ0) is 9.14. The van der Waals surface area contributed by atoms with Crippen molar-refractivity contribution in [2.24, 2.45) is 0 Å².